The number of nitrogens with one attached hydrogen (secondary N) is 1. The van der Waals surface area contributed by atoms with Gasteiger partial charge in [-0.3, -0.25) is 9.69 Å². The number of hydrogen-bond acceptors (Lipinski definition) is 6. The van der Waals surface area contributed by atoms with Crippen molar-refractivity contribution in [2.45, 2.75) is 31.5 Å². The van der Waals surface area contributed by atoms with Crippen LogP contribution in [0.3, 0.4) is 0 Å². The number of nitrogens with zero attached hydrogens (tertiary/aromatic N) is 1. The standard InChI is InChI=1S/C29H32N2O6/c1-36-26-12-11-23(27(15-26)37-2)17-31(24-13-21-5-3-4-6-22(21)14-24)18-25(32)16-30-28(33)19-7-9-20(10-8-19)29(34)35/h3-12,15,24-25,32H,13-14,16-18H2,1-2H3,(H,30,33)(H,34,35). The average Bonchev–Trinajstić information content (AvgIpc) is 3.36. The minimum absolute atomic E-state index is 0.0649. The van der Waals surface area contributed by atoms with Gasteiger partial charge in [-0.1, -0.05) is 30.3 Å². The summed E-state index contributed by atoms with van der Waals surface area (Å²) in [7, 11) is 3.24. The quantitative estimate of drug-likeness (QED) is 0.368. The van der Waals surface area contributed by atoms with Gasteiger partial charge in [-0.2, -0.15) is 0 Å². The lowest BCUT2D eigenvalue weighted by Crippen LogP contribution is -2.44. The van der Waals surface area contributed by atoms with Crippen molar-refractivity contribution in [2.24, 2.45) is 0 Å². The molecule has 1 amide bonds. The van der Waals surface area contributed by atoms with Gasteiger partial charge in [-0.05, 0) is 54.3 Å². The Morgan fingerprint density at radius 2 is 1.62 bits per heavy atom. The number of amides is 1. The fraction of sp³-hybridized carbons (Fsp3) is 0.310. The molecule has 1 atom stereocenters. The Morgan fingerprint density at radius 1 is 0.973 bits per heavy atom. The van der Waals surface area contributed by atoms with Crippen molar-refractivity contribution in [1.29, 1.82) is 0 Å². The van der Waals surface area contributed by atoms with E-state index in [1.165, 1.54) is 35.4 Å². The van der Waals surface area contributed by atoms with E-state index in [0.717, 1.165) is 18.4 Å². The number of ether oxygens (including phenoxy) is 2. The summed E-state index contributed by atoms with van der Waals surface area (Å²) in [6, 6.07) is 20.0. The molecule has 4 rings (SSSR count). The first-order valence-electron chi connectivity index (χ1n) is 12.2. The number of carboxylic acids is 1. The monoisotopic (exact) mass is 504 g/mol. The number of methoxy groups -OCH3 is 2. The summed E-state index contributed by atoms with van der Waals surface area (Å²) in [5.74, 6) is 0.00433. The summed E-state index contributed by atoms with van der Waals surface area (Å²) in [4.78, 5) is 25.8. The highest BCUT2D eigenvalue weighted by Crippen LogP contribution is 2.30. The molecule has 0 radical (unpaired) electrons. The highest BCUT2D eigenvalue weighted by molar-refractivity contribution is 5.95. The summed E-state index contributed by atoms with van der Waals surface area (Å²) in [5.41, 5.74) is 4.05. The Morgan fingerprint density at radius 3 is 2.22 bits per heavy atom. The average molecular weight is 505 g/mol. The molecule has 0 aromatic heterocycles. The Bertz CT molecular complexity index is 1220. The van der Waals surface area contributed by atoms with E-state index >= 15 is 0 Å². The van der Waals surface area contributed by atoms with E-state index in [1.54, 1.807) is 14.2 Å². The fourth-order valence-electron chi connectivity index (χ4n) is 4.75. The van der Waals surface area contributed by atoms with Crippen LogP contribution < -0.4 is 14.8 Å². The molecule has 8 nitrogen and oxygen atoms in total. The lowest BCUT2D eigenvalue weighted by Gasteiger charge is -2.31. The van der Waals surface area contributed by atoms with Crippen LogP contribution in [0.1, 0.15) is 37.4 Å². The molecule has 0 spiro atoms. The van der Waals surface area contributed by atoms with Crippen LogP contribution >= 0.6 is 0 Å². The predicted octanol–water partition coefficient (Wildman–Crippen LogP) is 3.16. The number of carbonyl (C=O) groups is 2. The number of rotatable bonds is 11. The minimum Gasteiger partial charge on any atom is -0.497 e. The number of aliphatic hydroxyl groups excluding tert-OH is 1. The molecule has 0 bridgehead atoms. The number of hydrogen-bond donors (Lipinski definition) is 3. The van der Waals surface area contributed by atoms with Crippen LogP contribution in [0.2, 0.25) is 0 Å². The van der Waals surface area contributed by atoms with E-state index in [1.807, 2.05) is 30.3 Å². The Hall–Kier alpha value is -3.88. The molecule has 194 valence electrons. The summed E-state index contributed by atoms with van der Waals surface area (Å²) >= 11 is 0. The van der Waals surface area contributed by atoms with E-state index in [4.69, 9.17) is 14.6 Å². The molecule has 3 aromatic rings. The number of aliphatic hydroxyl groups is 1. The van der Waals surface area contributed by atoms with Crippen molar-refractivity contribution < 1.29 is 29.3 Å². The van der Waals surface area contributed by atoms with Gasteiger partial charge in [-0.15, -0.1) is 0 Å². The molecular weight excluding hydrogens is 472 g/mol. The highest BCUT2D eigenvalue weighted by Gasteiger charge is 2.29. The van der Waals surface area contributed by atoms with Gasteiger partial charge in [0.15, 0.2) is 0 Å². The number of fused-ring (bicyclic) bond motifs is 1. The summed E-state index contributed by atoms with van der Waals surface area (Å²) in [6.45, 7) is 0.981. The van der Waals surface area contributed by atoms with Crippen molar-refractivity contribution in [3.05, 3.63) is 94.5 Å². The molecule has 37 heavy (non-hydrogen) atoms. The van der Waals surface area contributed by atoms with Crippen LogP contribution in [0.25, 0.3) is 0 Å². The normalized spacial score (nSPS) is 13.7. The second-order valence-electron chi connectivity index (χ2n) is 9.18. The molecular formula is C29H32N2O6. The fourth-order valence-corrected chi connectivity index (χ4v) is 4.75. The van der Waals surface area contributed by atoms with E-state index in [2.05, 4.69) is 22.3 Å². The van der Waals surface area contributed by atoms with Crippen molar-refractivity contribution >= 4 is 11.9 Å². The molecule has 1 aliphatic rings. The van der Waals surface area contributed by atoms with Crippen molar-refractivity contribution in [2.75, 3.05) is 27.3 Å². The Balaban J connectivity index is 1.45. The molecule has 0 saturated carbocycles. The zero-order chi connectivity index (χ0) is 26.4. The lowest BCUT2D eigenvalue weighted by atomic mass is 10.1. The Labute approximate surface area is 216 Å². The second-order valence-corrected chi connectivity index (χ2v) is 9.18. The van der Waals surface area contributed by atoms with Crippen molar-refractivity contribution in [3.8, 4) is 11.5 Å². The topological polar surface area (TPSA) is 108 Å². The molecule has 3 N–H and O–H groups in total. The number of benzene rings is 3. The maximum Gasteiger partial charge on any atom is 0.335 e. The van der Waals surface area contributed by atoms with Crippen molar-refractivity contribution in [3.63, 3.8) is 0 Å². The lowest BCUT2D eigenvalue weighted by molar-refractivity contribution is 0.0696. The molecule has 0 fully saturated rings. The van der Waals surface area contributed by atoms with Gasteiger partial charge < -0.3 is 25.0 Å². The maximum absolute atomic E-state index is 12.5. The van der Waals surface area contributed by atoms with Crippen LogP contribution in [-0.4, -0.2) is 66.4 Å². The summed E-state index contributed by atoms with van der Waals surface area (Å²) in [5, 5.41) is 22.7. The van der Waals surface area contributed by atoms with Gasteiger partial charge in [-0.25, -0.2) is 4.79 Å². The Kier molecular flexibility index (Phi) is 8.43. The van der Waals surface area contributed by atoms with Gasteiger partial charge >= 0.3 is 5.97 Å². The first-order chi connectivity index (χ1) is 17.9. The molecule has 1 aliphatic carbocycles. The van der Waals surface area contributed by atoms with E-state index < -0.39 is 12.1 Å². The number of carbonyl (C=O) groups excluding carboxylic acids is 1. The van der Waals surface area contributed by atoms with Crippen molar-refractivity contribution in [1.82, 2.24) is 10.2 Å². The smallest absolute Gasteiger partial charge is 0.335 e. The second kappa shape index (κ2) is 11.9. The largest absolute Gasteiger partial charge is 0.497 e. The minimum atomic E-state index is -1.05. The third-order valence-corrected chi connectivity index (χ3v) is 6.75. The zero-order valence-corrected chi connectivity index (χ0v) is 21.0. The van der Waals surface area contributed by atoms with Crippen LogP contribution in [0.5, 0.6) is 11.5 Å². The van der Waals surface area contributed by atoms with Gasteiger partial charge in [0, 0.05) is 42.9 Å². The van der Waals surface area contributed by atoms with Crippen LogP contribution in [0.4, 0.5) is 0 Å². The summed E-state index contributed by atoms with van der Waals surface area (Å²) in [6.07, 6.45) is 0.947. The maximum atomic E-state index is 12.5. The molecule has 0 saturated heterocycles. The zero-order valence-electron chi connectivity index (χ0n) is 21.0. The highest BCUT2D eigenvalue weighted by atomic mass is 16.5. The number of aromatic carboxylic acids is 1. The van der Waals surface area contributed by atoms with Crippen LogP contribution in [0.15, 0.2) is 66.7 Å². The third kappa shape index (κ3) is 6.47. The summed E-state index contributed by atoms with van der Waals surface area (Å²) < 4.78 is 10.9. The molecule has 3 aromatic carbocycles. The van der Waals surface area contributed by atoms with Gasteiger partial charge in [0.25, 0.3) is 5.91 Å². The first-order valence-corrected chi connectivity index (χ1v) is 12.2. The van der Waals surface area contributed by atoms with Crippen LogP contribution in [0, 0.1) is 0 Å². The van der Waals surface area contributed by atoms with Gasteiger partial charge in [0.05, 0.1) is 25.9 Å². The predicted molar refractivity (Wildman–Crippen MR) is 139 cm³/mol. The third-order valence-electron chi connectivity index (χ3n) is 6.75. The molecule has 8 heteroatoms. The molecule has 0 heterocycles. The van der Waals surface area contributed by atoms with E-state index in [-0.39, 0.29) is 24.1 Å². The molecule has 1 unspecified atom stereocenters. The number of carboxylic acid groups (broad SMARTS) is 1. The van der Waals surface area contributed by atoms with E-state index in [9.17, 15) is 14.7 Å². The SMILES string of the molecule is COc1ccc(CN(CC(O)CNC(=O)c2ccc(C(=O)O)cc2)C2Cc3ccccc3C2)c(OC)c1. The first kappa shape index (κ1) is 26.2. The van der Waals surface area contributed by atoms with Crippen LogP contribution in [-0.2, 0) is 19.4 Å². The van der Waals surface area contributed by atoms with E-state index in [0.29, 0.717) is 30.2 Å². The van der Waals surface area contributed by atoms with Gasteiger partial charge in [0.2, 0.25) is 0 Å². The van der Waals surface area contributed by atoms with Gasteiger partial charge in [0.1, 0.15) is 11.5 Å². The molecule has 0 aliphatic heterocycles.